The Bertz CT molecular complexity index is 498. The summed E-state index contributed by atoms with van der Waals surface area (Å²) in [7, 11) is -0.0835. The molecule has 1 aromatic rings. The molecular formula is C13H22N2O4S. The molecule has 1 atom stereocenters. The van der Waals surface area contributed by atoms with E-state index in [0.717, 1.165) is 5.69 Å². The largest absolute Gasteiger partial charge is 0.377 e. The Balaban J connectivity index is 2.67. The Labute approximate surface area is 120 Å². The quantitative estimate of drug-likeness (QED) is 0.717. The van der Waals surface area contributed by atoms with Crippen LogP contribution in [0.2, 0.25) is 0 Å². The van der Waals surface area contributed by atoms with E-state index in [1.807, 2.05) is 6.92 Å². The molecule has 0 amide bonds. The molecule has 114 valence electrons. The Morgan fingerprint density at radius 1 is 1.10 bits per heavy atom. The van der Waals surface area contributed by atoms with E-state index in [2.05, 4.69) is 10.0 Å². The molecule has 2 N–H and O–H groups in total. The van der Waals surface area contributed by atoms with Crippen molar-refractivity contribution in [3.8, 4) is 0 Å². The predicted octanol–water partition coefficient (Wildman–Crippen LogP) is 1.87. The smallest absolute Gasteiger partial charge is 0.232 e. The highest BCUT2D eigenvalue weighted by molar-refractivity contribution is 7.92. The molecule has 0 saturated heterocycles. The lowest BCUT2D eigenvalue weighted by Gasteiger charge is -2.23. The zero-order chi connectivity index (χ0) is 15.2. The van der Waals surface area contributed by atoms with E-state index < -0.39 is 10.0 Å². The highest BCUT2D eigenvalue weighted by Crippen LogP contribution is 2.16. The van der Waals surface area contributed by atoms with Crippen molar-refractivity contribution in [3.63, 3.8) is 0 Å². The minimum absolute atomic E-state index is 0.0387. The van der Waals surface area contributed by atoms with E-state index in [1.54, 1.807) is 45.4 Å². The lowest BCUT2D eigenvalue weighted by Crippen LogP contribution is -2.33. The second kappa shape index (κ2) is 7.47. The Hall–Kier alpha value is -1.31. The first-order chi connectivity index (χ1) is 9.41. The van der Waals surface area contributed by atoms with Gasteiger partial charge in [0, 0.05) is 25.6 Å². The van der Waals surface area contributed by atoms with Gasteiger partial charge in [0.15, 0.2) is 6.29 Å². The molecular weight excluding hydrogens is 280 g/mol. The van der Waals surface area contributed by atoms with Crippen LogP contribution >= 0.6 is 0 Å². The van der Waals surface area contributed by atoms with Gasteiger partial charge in [-0.2, -0.15) is 0 Å². The average Bonchev–Trinajstić information content (AvgIpc) is 2.42. The molecule has 0 spiro atoms. The minimum Gasteiger partial charge on any atom is -0.377 e. The standard InChI is InChI=1S/C13H22N2O4S/c1-5-20(16,17)15-12-8-6-11(7-9-12)14-10(2)13(18-3)19-4/h6-10,13-15H,5H2,1-4H3. The number of nitrogens with one attached hydrogen (secondary N) is 2. The van der Waals surface area contributed by atoms with Crippen LogP contribution in [0.1, 0.15) is 13.8 Å². The second-order valence-corrected chi connectivity index (χ2v) is 6.37. The van der Waals surface area contributed by atoms with Gasteiger partial charge >= 0.3 is 0 Å². The van der Waals surface area contributed by atoms with Crippen LogP contribution in [0.3, 0.4) is 0 Å². The monoisotopic (exact) mass is 302 g/mol. The molecule has 1 unspecified atom stereocenters. The zero-order valence-corrected chi connectivity index (χ0v) is 13.0. The number of anilines is 2. The van der Waals surface area contributed by atoms with Gasteiger partial charge in [-0.05, 0) is 38.1 Å². The molecule has 0 bridgehead atoms. The van der Waals surface area contributed by atoms with Crippen molar-refractivity contribution in [2.24, 2.45) is 0 Å². The molecule has 7 heteroatoms. The number of benzene rings is 1. The topological polar surface area (TPSA) is 76.7 Å². The first kappa shape index (κ1) is 16.7. The van der Waals surface area contributed by atoms with Crippen LogP contribution in [0, 0.1) is 0 Å². The van der Waals surface area contributed by atoms with Crippen molar-refractivity contribution in [1.29, 1.82) is 0 Å². The third-order valence-corrected chi connectivity index (χ3v) is 4.11. The van der Waals surface area contributed by atoms with E-state index in [0.29, 0.717) is 5.69 Å². The molecule has 0 radical (unpaired) electrons. The van der Waals surface area contributed by atoms with E-state index in [1.165, 1.54) is 0 Å². The van der Waals surface area contributed by atoms with Crippen molar-refractivity contribution in [2.75, 3.05) is 30.0 Å². The molecule has 0 aliphatic heterocycles. The molecule has 1 aromatic carbocycles. The summed E-state index contributed by atoms with van der Waals surface area (Å²) in [6.45, 7) is 3.53. The fraction of sp³-hybridized carbons (Fsp3) is 0.538. The highest BCUT2D eigenvalue weighted by atomic mass is 32.2. The highest BCUT2D eigenvalue weighted by Gasteiger charge is 2.15. The lowest BCUT2D eigenvalue weighted by molar-refractivity contribution is -0.109. The zero-order valence-electron chi connectivity index (χ0n) is 12.2. The normalized spacial score (nSPS) is 13.2. The van der Waals surface area contributed by atoms with Crippen LogP contribution in [-0.2, 0) is 19.5 Å². The molecule has 6 nitrogen and oxygen atoms in total. The molecule has 0 saturated carbocycles. The third kappa shape index (κ3) is 4.99. The summed E-state index contributed by atoms with van der Waals surface area (Å²) in [5.74, 6) is 0.0490. The SMILES string of the molecule is CCS(=O)(=O)Nc1ccc(NC(C)C(OC)OC)cc1. The van der Waals surface area contributed by atoms with Gasteiger partial charge in [-0.1, -0.05) is 0 Å². The molecule has 20 heavy (non-hydrogen) atoms. The summed E-state index contributed by atoms with van der Waals surface area (Å²) in [4.78, 5) is 0. The van der Waals surface area contributed by atoms with E-state index in [9.17, 15) is 8.42 Å². The molecule has 0 aliphatic carbocycles. The molecule has 0 aromatic heterocycles. The third-order valence-electron chi connectivity index (χ3n) is 2.81. The van der Waals surface area contributed by atoms with E-state index in [-0.39, 0.29) is 18.1 Å². The number of hydrogen-bond donors (Lipinski definition) is 2. The number of methoxy groups -OCH3 is 2. The van der Waals surface area contributed by atoms with Gasteiger partial charge in [-0.15, -0.1) is 0 Å². The van der Waals surface area contributed by atoms with Crippen LogP contribution in [-0.4, -0.2) is 40.7 Å². The van der Waals surface area contributed by atoms with Crippen LogP contribution in [0.25, 0.3) is 0 Å². The summed E-state index contributed by atoms with van der Waals surface area (Å²) in [6.07, 6.45) is -0.353. The predicted molar refractivity (Wildman–Crippen MR) is 80.4 cm³/mol. The second-order valence-electron chi connectivity index (χ2n) is 4.36. The summed E-state index contributed by atoms with van der Waals surface area (Å²) in [6, 6.07) is 6.97. The summed E-state index contributed by atoms with van der Waals surface area (Å²) < 4.78 is 35.7. The maximum Gasteiger partial charge on any atom is 0.232 e. The van der Waals surface area contributed by atoms with Crippen LogP contribution in [0.15, 0.2) is 24.3 Å². The van der Waals surface area contributed by atoms with Crippen LogP contribution in [0.4, 0.5) is 11.4 Å². The number of ether oxygens (including phenoxy) is 2. The summed E-state index contributed by atoms with van der Waals surface area (Å²) >= 11 is 0. The van der Waals surface area contributed by atoms with Crippen molar-refractivity contribution >= 4 is 21.4 Å². The van der Waals surface area contributed by atoms with Crippen LogP contribution in [0.5, 0.6) is 0 Å². The van der Waals surface area contributed by atoms with Gasteiger partial charge in [0.25, 0.3) is 0 Å². The molecule has 0 heterocycles. The Morgan fingerprint density at radius 2 is 1.60 bits per heavy atom. The minimum atomic E-state index is -3.24. The summed E-state index contributed by atoms with van der Waals surface area (Å²) in [5.41, 5.74) is 1.40. The van der Waals surface area contributed by atoms with Gasteiger partial charge in [0.2, 0.25) is 10.0 Å². The maximum atomic E-state index is 11.4. The average molecular weight is 302 g/mol. The van der Waals surface area contributed by atoms with Crippen molar-refractivity contribution in [1.82, 2.24) is 0 Å². The lowest BCUT2D eigenvalue weighted by atomic mass is 10.2. The van der Waals surface area contributed by atoms with Gasteiger partial charge in [0.1, 0.15) is 0 Å². The Kier molecular flexibility index (Phi) is 6.25. The fourth-order valence-corrected chi connectivity index (χ4v) is 2.36. The van der Waals surface area contributed by atoms with Crippen LogP contribution < -0.4 is 10.0 Å². The number of hydrogen-bond acceptors (Lipinski definition) is 5. The number of rotatable bonds is 8. The van der Waals surface area contributed by atoms with Crippen molar-refractivity contribution in [3.05, 3.63) is 24.3 Å². The molecule has 0 aliphatic rings. The first-order valence-electron chi connectivity index (χ1n) is 6.34. The van der Waals surface area contributed by atoms with Gasteiger partial charge < -0.3 is 14.8 Å². The van der Waals surface area contributed by atoms with Gasteiger partial charge in [-0.3, -0.25) is 4.72 Å². The fourth-order valence-electron chi connectivity index (χ4n) is 1.72. The summed E-state index contributed by atoms with van der Waals surface area (Å²) in [5, 5.41) is 3.22. The van der Waals surface area contributed by atoms with Gasteiger partial charge in [0.05, 0.1) is 11.8 Å². The van der Waals surface area contributed by atoms with E-state index in [4.69, 9.17) is 9.47 Å². The van der Waals surface area contributed by atoms with E-state index >= 15 is 0 Å². The van der Waals surface area contributed by atoms with Crippen molar-refractivity contribution in [2.45, 2.75) is 26.2 Å². The van der Waals surface area contributed by atoms with Gasteiger partial charge in [-0.25, -0.2) is 8.42 Å². The maximum absolute atomic E-state index is 11.4. The first-order valence-corrected chi connectivity index (χ1v) is 7.99. The Morgan fingerprint density at radius 3 is 2.05 bits per heavy atom. The molecule has 0 fully saturated rings. The molecule has 1 rings (SSSR count). The van der Waals surface area contributed by atoms with Crippen molar-refractivity contribution < 1.29 is 17.9 Å². The number of sulfonamides is 1.